The number of benzene rings is 4. The fraction of sp³-hybridized carbons (Fsp3) is 0. The van der Waals surface area contributed by atoms with Gasteiger partial charge in [-0.2, -0.15) is 5.26 Å². The van der Waals surface area contributed by atoms with Gasteiger partial charge in [-0.25, -0.2) is 29.9 Å². The Balaban J connectivity index is 1.11. The zero-order chi connectivity index (χ0) is 40.3. The third-order valence-corrected chi connectivity index (χ3v) is 9.88. The third kappa shape index (κ3) is 6.97. The minimum absolute atomic E-state index is 0.433. The summed E-state index contributed by atoms with van der Waals surface area (Å²) in [6.07, 6.45) is 6.85. The highest BCUT2D eigenvalue weighted by Gasteiger charge is 2.19. The molecule has 0 atom stereocenters. The van der Waals surface area contributed by atoms with Crippen LogP contribution < -0.4 is 0 Å². The predicted octanol–water partition coefficient (Wildman–Crippen LogP) is 10.00. The summed E-state index contributed by atoms with van der Waals surface area (Å²) in [6.45, 7) is 0. The van der Waals surface area contributed by atoms with E-state index in [2.05, 4.69) is 44.2 Å². The van der Waals surface area contributed by atoms with Crippen molar-refractivity contribution < 1.29 is 0 Å². The minimum Gasteiger partial charge on any atom is -0.253 e. The molecule has 10 aromatic rings. The summed E-state index contributed by atoms with van der Waals surface area (Å²) in [4.78, 5) is 47.0. The molecule has 0 unspecified atom stereocenters. The first-order valence-electron chi connectivity index (χ1n) is 19.0. The van der Waals surface area contributed by atoms with Crippen LogP contribution in [0.25, 0.3) is 102 Å². The van der Waals surface area contributed by atoms with Crippen molar-refractivity contribution in [2.24, 2.45) is 0 Å². The van der Waals surface area contributed by atoms with Crippen LogP contribution in [0.2, 0.25) is 0 Å². The first-order valence-corrected chi connectivity index (χ1v) is 19.0. The molecule has 60 heavy (non-hydrogen) atoms. The molecule has 0 saturated heterocycles. The topological polar surface area (TPSA) is 153 Å². The van der Waals surface area contributed by atoms with Crippen molar-refractivity contribution >= 4 is 10.8 Å². The lowest BCUT2D eigenvalue weighted by molar-refractivity contribution is 1.05. The molecule has 280 valence electrons. The van der Waals surface area contributed by atoms with E-state index in [0.29, 0.717) is 63.3 Å². The number of nitriles is 1. The van der Waals surface area contributed by atoms with Crippen LogP contribution in [0.3, 0.4) is 0 Å². The molecule has 0 N–H and O–H groups in total. The van der Waals surface area contributed by atoms with Gasteiger partial charge < -0.3 is 0 Å². The van der Waals surface area contributed by atoms with Gasteiger partial charge in [0.2, 0.25) is 0 Å². The van der Waals surface area contributed by atoms with Crippen LogP contribution in [0.4, 0.5) is 0 Å². The highest BCUT2D eigenvalue weighted by molar-refractivity contribution is 6.07. The summed E-state index contributed by atoms with van der Waals surface area (Å²) in [5.74, 6) is 2.71. The molecule has 0 radical (unpaired) electrons. The predicted molar refractivity (Wildman–Crippen MR) is 230 cm³/mol. The van der Waals surface area contributed by atoms with E-state index in [-0.39, 0.29) is 0 Å². The Morgan fingerprint density at radius 1 is 0.333 bits per heavy atom. The van der Waals surface area contributed by atoms with Crippen LogP contribution in [0, 0.1) is 11.3 Å². The van der Waals surface area contributed by atoms with Crippen LogP contribution in [0.1, 0.15) is 5.56 Å². The van der Waals surface area contributed by atoms with Crippen molar-refractivity contribution in [3.8, 4) is 97.2 Å². The lowest BCUT2D eigenvalue weighted by Gasteiger charge is -2.17. The average Bonchev–Trinajstić information content (AvgIpc) is 3.34. The molecule has 6 aromatic heterocycles. The fourth-order valence-electron chi connectivity index (χ4n) is 7.07. The number of hydrogen-bond acceptors (Lipinski definition) is 11. The van der Waals surface area contributed by atoms with Crippen molar-refractivity contribution in [2.45, 2.75) is 0 Å². The molecule has 0 aliphatic heterocycles. The number of nitrogens with zero attached hydrogens (tertiary/aromatic N) is 11. The maximum Gasteiger partial charge on any atom is 0.182 e. The second-order valence-corrected chi connectivity index (χ2v) is 13.6. The molecule has 0 fully saturated rings. The largest absolute Gasteiger partial charge is 0.253 e. The Morgan fingerprint density at radius 2 is 0.750 bits per heavy atom. The number of pyridine rings is 4. The van der Waals surface area contributed by atoms with E-state index >= 15 is 0 Å². The molecule has 0 aliphatic rings. The summed E-state index contributed by atoms with van der Waals surface area (Å²) < 4.78 is 0. The summed E-state index contributed by atoms with van der Waals surface area (Å²) in [7, 11) is 0. The van der Waals surface area contributed by atoms with Gasteiger partial charge in [0, 0.05) is 41.3 Å². The molecule has 4 aromatic carbocycles. The summed E-state index contributed by atoms with van der Waals surface area (Å²) >= 11 is 0. The van der Waals surface area contributed by atoms with Crippen LogP contribution in [-0.4, -0.2) is 49.8 Å². The zero-order valence-electron chi connectivity index (χ0n) is 31.7. The first-order chi connectivity index (χ1) is 29.7. The molecule has 10 rings (SSSR count). The third-order valence-electron chi connectivity index (χ3n) is 9.88. The van der Waals surface area contributed by atoms with Gasteiger partial charge in [-0.15, -0.1) is 0 Å². The molecular weight excluding hydrogens is 743 g/mol. The van der Waals surface area contributed by atoms with E-state index < -0.39 is 0 Å². The normalized spacial score (nSPS) is 11.0. The van der Waals surface area contributed by atoms with E-state index in [1.165, 1.54) is 0 Å². The van der Waals surface area contributed by atoms with Crippen molar-refractivity contribution in [1.29, 1.82) is 5.26 Å². The monoisotopic (exact) mass is 771 g/mol. The van der Waals surface area contributed by atoms with Crippen LogP contribution in [0.5, 0.6) is 0 Å². The van der Waals surface area contributed by atoms with Gasteiger partial charge in [-0.1, -0.05) is 91.0 Å². The van der Waals surface area contributed by atoms with Gasteiger partial charge in [0.25, 0.3) is 0 Å². The van der Waals surface area contributed by atoms with Crippen LogP contribution in [-0.2, 0) is 0 Å². The number of hydrogen-bond donors (Lipinski definition) is 0. The second-order valence-electron chi connectivity index (χ2n) is 13.6. The van der Waals surface area contributed by atoms with Crippen molar-refractivity contribution in [3.05, 3.63) is 182 Å². The number of aromatic nitrogens is 10. The Hall–Kier alpha value is -8.75. The standard InChI is InChI=1S/C49H29N11/c50-30-35-29-38(33-12-11-13-34(28-33)45-57-48(41-18-5-9-26-53-41)60-49(58-45)42-19-6-10-27-54-42)43(37-15-2-1-14-36(35)37)31-20-22-32(23-21-31)44-55-46(39-16-3-7-24-51-39)59-47(56-44)40-17-4-8-25-52-40/h1-29H. The van der Waals surface area contributed by atoms with E-state index in [9.17, 15) is 5.26 Å². The van der Waals surface area contributed by atoms with Crippen molar-refractivity contribution in [1.82, 2.24) is 49.8 Å². The van der Waals surface area contributed by atoms with E-state index in [4.69, 9.17) is 29.9 Å². The molecule has 0 aliphatic carbocycles. The van der Waals surface area contributed by atoms with Gasteiger partial charge in [0.15, 0.2) is 34.9 Å². The molecule has 0 amide bonds. The van der Waals surface area contributed by atoms with E-state index in [1.807, 2.05) is 133 Å². The van der Waals surface area contributed by atoms with Crippen LogP contribution >= 0.6 is 0 Å². The van der Waals surface area contributed by atoms with Crippen molar-refractivity contribution in [3.63, 3.8) is 0 Å². The smallest absolute Gasteiger partial charge is 0.182 e. The second kappa shape index (κ2) is 15.7. The Labute approximate surface area is 344 Å². The fourth-order valence-corrected chi connectivity index (χ4v) is 7.07. The van der Waals surface area contributed by atoms with Gasteiger partial charge in [-0.05, 0) is 88.3 Å². The molecule has 0 spiro atoms. The number of rotatable bonds is 8. The van der Waals surface area contributed by atoms with Gasteiger partial charge in [0.1, 0.15) is 22.8 Å². The summed E-state index contributed by atoms with van der Waals surface area (Å²) in [5, 5.41) is 12.2. The molecule has 11 nitrogen and oxygen atoms in total. The Bertz CT molecular complexity index is 3080. The molecular formula is C49H29N11. The Morgan fingerprint density at radius 3 is 1.22 bits per heavy atom. The molecule has 0 saturated carbocycles. The van der Waals surface area contributed by atoms with Crippen LogP contribution in [0.15, 0.2) is 176 Å². The lowest BCUT2D eigenvalue weighted by atomic mass is 9.87. The first kappa shape index (κ1) is 35.6. The molecule has 6 heterocycles. The lowest BCUT2D eigenvalue weighted by Crippen LogP contribution is -2.02. The molecule has 0 bridgehead atoms. The summed E-state index contributed by atoms with van der Waals surface area (Å²) in [5.41, 5.74) is 8.27. The van der Waals surface area contributed by atoms with Gasteiger partial charge >= 0.3 is 0 Å². The maximum absolute atomic E-state index is 10.4. The highest BCUT2D eigenvalue weighted by atomic mass is 15.1. The van der Waals surface area contributed by atoms with E-state index in [0.717, 1.165) is 44.2 Å². The quantitative estimate of drug-likeness (QED) is 0.145. The van der Waals surface area contributed by atoms with E-state index in [1.54, 1.807) is 24.8 Å². The summed E-state index contributed by atoms with van der Waals surface area (Å²) in [6, 6.07) is 51.0. The zero-order valence-corrected chi connectivity index (χ0v) is 31.7. The SMILES string of the molecule is N#Cc1cc(-c2cccc(-c3nc(-c4ccccn4)nc(-c4ccccn4)n3)c2)c(-c2ccc(-c3nc(-c4ccccn4)nc(-c4ccccn4)n3)cc2)c2ccccc12. The highest BCUT2D eigenvalue weighted by Crippen LogP contribution is 2.41. The number of fused-ring (bicyclic) bond motifs is 1. The van der Waals surface area contributed by atoms with Gasteiger partial charge in [-0.3, -0.25) is 19.9 Å². The Kier molecular flexibility index (Phi) is 9.30. The van der Waals surface area contributed by atoms with Gasteiger partial charge in [0.05, 0.1) is 11.6 Å². The average molecular weight is 772 g/mol. The molecule has 11 heteroatoms. The van der Waals surface area contributed by atoms with Crippen molar-refractivity contribution in [2.75, 3.05) is 0 Å². The minimum atomic E-state index is 0.433. The maximum atomic E-state index is 10.4.